The summed E-state index contributed by atoms with van der Waals surface area (Å²) in [5.41, 5.74) is 0.915. The standard InChI is InChI=1S/C18H19NO4/c20-17(14-8-9-23-11-14)19-16(18(21)22)10-13-6-3-5-12-4-1-2-7-15(12)13/h1-7,14,16H,8-11H2,(H,19,20)(H,21,22)/t14-,16+/m1/s1. The van der Waals surface area contributed by atoms with Gasteiger partial charge in [-0.15, -0.1) is 0 Å². The van der Waals surface area contributed by atoms with Crippen LogP contribution in [-0.2, 0) is 20.7 Å². The van der Waals surface area contributed by atoms with Gasteiger partial charge in [-0.3, -0.25) is 4.79 Å². The number of aliphatic carboxylic acids is 1. The Kier molecular flexibility index (Phi) is 4.57. The SMILES string of the molecule is O=C(N[C@@H](Cc1cccc2ccccc12)C(=O)O)[C@@H]1CCOC1. The Labute approximate surface area is 134 Å². The predicted molar refractivity (Wildman–Crippen MR) is 86.1 cm³/mol. The van der Waals surface area contributed by atoms with Crippen molar-refractivity contribution in [3.05, 3.63) is 48.0 Å². The molecule has 0 bridgehead atoms. The van der Waals surface area contributed by atoms with E-state index in [0.717, 1.165) is 16.3 Å². The molecule has 1 saturated heterocycles. The smallest absolute Gasteiger partial charge is 0.326 e. The van der Waals surface area contributed by atoms with Crippen LogP contribution in [0.4, 0.5) is 0 Å². The molecule has 23 heavy (non-hydrogen) atoms. The number of carboxylic acid groups (broad SMARTS) is 1. The number of hydrogen-bond donors (Lipinski definition) is 2. The van der Waals surface area contributed by atoms with Crippen LogP contribution in [0.25, 0.3) is 10.8 Å². The molecule has 0 unspecified atom stereocenters. The molecule has 5 heteroatoms. The molecule has 120 valence electrons. The molecule has 1 aliphatic rings. The predicted octanol–water partition coefficient (Wildman–Crippen LogP) is 1.99. The lowest BCUT2D eigenvalue weighted by Gasteiger charge is -2.18. The first-order valence-corrected chi connectivity index (χ1v) is 7.72. The summed E-state index contributed by atoms with van der Waals surface area (Å²) in [5, 5.41) is 14.2. The molecule has 1 aliphatic heterocycles. The van der Waals surface area contributed by atoms with E-state index in [1.807, 2.05) is 42.5 Å². The summed E-state index contributed by atoms with van der Waals surface area (Å²) in [4.78, 5) is 23.7. The van der Waals surface area contributed by atoms with Gasteiger partial charge in [-0.25, -0.2) is 4.79 Å². The molecule has 0 aliphatic carbocycles. The molecule has 0 spiro atoms. The Balaban J connectivity index is 1.78. The normalized spacial score (nSPS) is 18.7. The minimum atomic E-state index is -1.02. The average Bonchev–Trinajstić information content (AvgIpc) is 3.09. The largest absolute Gasteiger partial charge is 0.480 e. The van der Waals surface area contributed by atoms with Gasteiger partial charge in [-0.1, -0.05) is 42.5 Å². The molecule has 0 saturated carbocycles. The lowest BCUT2D eigenvalue weighted by atomic mass is 9.98. The van der Waals surface area contributed by atoms with Crippen molar-refractivity contribution < 1.29 is 19.4 Å². The van der Waals surface area contributed by atoms with Crippen LogP contribution in [0.15, 0.2) is 42.5 Å². The van der Waals surface area contributed by atoms with Crippen LogP contribution >= 0.6 is 0 Å². The second kappa shape index (κ2) is 6.79. The number of ether oxygens (including phenoxy) is 1. The maximum Gasteiger partial charge on any atom is 0.326 e. The molecule has 2 N–H and O–H groups in total. The summed E-state index contributed by atoms with van der Waals surface area (Å²) >= 11 is 0. The Hall–Kier alpha value is -2.40. The number of benzene rings is 2. The van der Waals surface area contributed by atoms with E-state index in [1.54, 1.807) is 0 Å². The highest BCUT2D eigenvalue weighted by Gasteiger charge is 2.28. The van der Waals surface area contributed by atoms with Crippen molar-refractivity contribution in [1.29, 1.82) is 0 Å². The van der Waals surface area contributed by atoms with Crippen molar-refractivity contribution in [2.75, 3.05) is 13.2 Å². The van der Waals surface area contributed by atoms with Crippen LogP contribution in [0.2, 0.25) is 0 Å². The number of carbonyl (C=O) groups is 2. The van der Waals surface area contributed by atoms with Crippen molar-refractivity contribution in [1.82, 2.24) is 5.32 Å². The molecule has 1 heterocycles. The maximum absolute atomic E-state index is 12.2. The Morgan fingerprint density at radius 3 is 2.74 bits per heavy atom. The number of nitrogens with one attached hydrogen (secondary N) is 1. The molecule has 3 rings (SSSR count). The van der Waals surface area contributed by atoms with Crippen molar-refractivity contribution >= 4 is 22.6 Å². The molecular formula is C18H19NO4. The van der Waals surface area contributed by atoms with Crippen LogP contribution in [-0.4, -0.2) is 36.2 Å². The molecule has 1 amide bonds. The number of carbonyl (C=O) groups excluding carboxylic acids is 1. The van der Waals surface area contributed by atoms with E-state index in [-0.39, 0.29) is 18.2 Å². The first-order valence-electron chi connectivity index (χ1n) is 7.72. The lowest BCUT2D eigenvalue weighted by Crippen LogP contribution is -2.45. The first kappa shape index (κ1) is 15.5. The van der Waals surface area contributed by atoms with Gasteiger partial charge in [0.15, 0.2) is 0 Å². The third-order valence-electron chi connectivity index (χ3n) is 4.22. The van der Waals surface area contributed by atoms with E-state index < -0.39 is 12.0 Å². The number of fused-ring (bicyclic) bond motifs is 1. The summed E-state index contributed by atoms with van der Waals surface area (Å²) in [5.74, 6) is -1.51. The maximum atomic E-state index is 12.2. The van der Waals surface area contributed by atoms with E-state index in [0.29, 0.717) is 19.6 Å². The monoisotopic (exact) mass is 313 g/mol. The Bertz CT molecular complexity index is 717. The fourth-order valence-electron chi connectivity index (χ4n) is 2.92. The van der Waals surface area contributed by atoms with Crippen molar-refractivity contribution in [3.63, 3.8) is 0 Å². The zero-order chi connectivity index (χ0) is 16.2. The topological polar surface area (TPSA) is 75.6 Å². The number of hydrogen-bond acceptors (Lipinski definition) is 3. The van der Waals surface area contributed by atoms with Gasteiger partial charge in [0.25, 0.3) is 0 Å². The molecular weight excluding hydrogens is 294 g/mol. The highest BCUT2D eigenvalue weighted by atomic mass is 16.5. The van der Waals surface area contributed by atoms with Gasteiger partial charge in [0.05, 0.1) is 12.5 Å². The fraction of sp³-hybridized carbons (Fsp3) is 0.333. The summed E-state index contributed by atoms with van der Waals surface area (Å²) in [6, 6.07) is 12.7. The number of amides is 1. The van der Waals surface area contributed by atoms with Crippen molar-refractivity contribution in [2.24, 2.45) is 5.92 Å². The number of carboxylic acids is 1. The van der Waals surface area contributed by atoms with Gasteiger partial charge >= 0.3 is 5.97 Å². The van der Waals surface area contributed by atoms with Crippen molar-refractivity contribution in [2.45, 2.75) is 18.9 Å². The van der Waals surface area contributed by atoms with E-state index in [4.69, 9.17) is 4.74 Å². The van der Waals surface area contributed by atoms with E-state index in [9.17, 15) is 14.7 Å². The molecule has 1 fully saturated rings. The Morgan fingerprint density at radius 2 is 2.00 bits per heavy atom. The van der Waals surface area contributed by atoms with Crippen LogP contribution < -0.4 is 5.32 Å². The molecule has 5 nitrogen and oxygen atoms in total. The van der Waals surface area contributed by atoms with Gasteiger partial charge in [0.1, 0.15) is 6.04 Å². The minimum Gasteiger partial charge on any atom is -0.480 e. The second-order valence-electron chi connectivity index (χ2n) is 5.80. The third kappa shape index (κ3) is 3.51. The first-order chi connectivity index (χ1) is 11.1. The second-order valence-corrected chi connectivity index (χ2v) is 5.80. The van der Waals surface area contributed by atoms with Gasteiger partial charge in [0.2, 0.25) is 5.91 Å². The van der Waals surface area contributed by atoms with E-state index in [1.165, 1.54) is 0 Å². The third-order valence-corrected chi connectivity index (χ3v) is 4.22. The van der Waals surface area contributed by atoms with Crippen LogP contribution in [0.5, 0.6) is 0 Å². The molecule has 2 atom stereocenters. The van der Waals surface area contributed by atoms with Gasteiger partial charge < -0.3 is 15.2 Å². The molecule has 2 aromatic carbocycles. The summed E-state index contributed by atoms with van der Waals surface area (Å²) in [6.07, 6.45) is 0.905. The molecule has 0 radical (unpaired) electrons. The summed E-state index contributed by atoms with van der Waals surface area (Å²) < 4.78 is 5.19. The van der Waals surface area contributed by atoms with Crippen LogP contribution in [0.3, 0.4) is 0 Å². The van der Waals surface area contributed by atoms with Gasteiger partial charge in [0, 0.05) is 13.0 Å². The fourth-order valence-corrected chi connectivity index (χ4v) is 2.92. The van der Waals surface area contributed by atoms with E-state index >= 15 is 0 Å². The lowest BCUT2D eigenvalue weighted by molar-refractivity contribution is -0.142. The van der Waals surface area contributed by atoms with Crippen molar-refractivity contribution in [3.8, 4) is 0 Å². The van der Waals surface area contributed by atoms with Gasteiger partial charge in [-0.05, 0) is 22.8 Å². The highest BCUT2D eigenvalue weighted by molar-refractivity contribution is 5.88. The molecule has 0 aromatic heterocycles. The van der Waals surface area contributed by atoms with Gasteiger partial charge in [-0.2, -0.15) is 0 Å². The molecule has 2 aromatic rings. The summed E-state index contributed by atoms with van der Waals surface area (Å²) in [7, 11) is 0. The quantitative estimate of drug-likeness (QED) is 0.885. The zero-order valence-electron chi connectivity index (χ0n) is 12.7. The van der Waals surface area contributed by atoms with Crippen LogP contribution in [0.1, 0.15) is 12.0 Å². The zero-order valence-corrected chi connectivity index (χ0v) is 12.7. The van der Waals surface area contributed by atoms with Crippen LogP contribution in [0, 0.1) is 5.92 Å². The minimum absolute atomic E-state index is 0.241. The highest BCUT2D eigenvalue weighted by Crippen LogP contribution is 2.20. The van der Waals surface area contributed by atoms with E-state index in [2.05, 4.69) is 5.32 Å². The summed E-state index contributed by atoms with van der Waals surface area (Å²) in [6.45, 7) is 0.922. The average molecular weight is 313 g/mol. The number of rotatable bonds is 5. The Morgan fingerprint density at radius 1 is 1.22 bits per heavy atom.